The van der Waals surface area contributed by atoms with Crippen LogP contribution >= 0.6 is 0 Å². The Morgan fingerprint density at radius 1 is 0.926 bits per heavy atom. The van der Waals surface area contributed by atoms with E-state index in [1.54, 1.807) is 0 Å². The lowest BCUT2D eigenvalue weighted by Crippen LogP contribution is -2.23. The van der Waals surface area contributed by atoms with Crippen LogP contribution in [0, 0.1) is 20.8 Å². The minimum Gasteiger partial charge on any atom is -0.368 e. The van der Waals surface area contributed by atoms with Gasteiger partial charge in [0.1, 0.15) is 5.82 Å². The lowest BCUT2D eigenvalue weighted by molar-refractivity contribution is 0.462. The second-order valence-corrected chi connectivity index (χ2v) is 7.92. The van der Waals surface area contributed by atoms with Crippen LogP contribution in [0.1, 0.15) is 48.8 Å². The molecule has 0 saturated heterocycles. The summed E-state index contributed by atoms with van der Waals surface area (Å²) in [6.45, 7) is 6.51. The lowest BCUT2D eigenvalue weighted by atomic mass is 9.93. The Kier molecular flexibility index (Phi) is 4.73. The van der Waals surface area contributed by atoms with E-state index < -0.39 is 0 Å². The molecule has 1 aliphatic rings. The molecule has 27 heavy (non-hydrogen) atoms. The van der Waals surface area contributed by atoms with Gasteiger partial charge in [0.05, 0.1) is 5.52 Å². The van der Waals surface area contributed by atoms with E-state index in [1.165, 1.54) is 59.9 Å². The maximum Gasteiger partial charge on any atom is 0.222 e. The van der Waals surface area contributed by atoms with Crippen molar-refractivity contribution in [2.24, 2.45) is 0 Å². The third-order valence-corrected chi connectivity index (χ3v) is 5.62. The van der Waals surface area contributed by atoms with Crippen LogP contribution in [0.3, 0.4) is 0 Å². The zero-order valence-electron chi connectivity index (χ0n) is 16.5. The predicted octanol–water partition coefficient (Wildman–Crippen LogP) is 5.55. The second kappa shape index (κ2) is 7.18. The number of nitrogen functional groups attached to an aromatic ring is 1. The first-order chi connectivity index (χ1) is 13.0. The third kappa shape index (κ3) is 3.61. The number of fused-ring (bicyclic) bond motifs is 1. The number of benzene rings is 2. The summed E-state index contributed by atoms with van der Waals surface area (Å²) in [6.07, 6.45) is 6.29. The highest BCUT2D eigenvalue weighted by Crippen LogP contribution is 2.33. The molecule has 4 heteroatoms. The van der Waals surface area contributed by atoms with Gasteiger partial charge in [-0.2, -0.15) is 4.98 Å². The Morgan fingerprint density at radius 3 is 2.33 bits per heavy atom. The molecule has 3 N–H and O–H groups in total. The smallest absolute Gasteiger partial charge is 0.222 e. The average Bonchev–Trinajstić information content (AvgIpc) is 2.62. The molecule has 3 aromatic rings. The van der Waals surface area contributed by atoms with E-state index >= 15 is 0 Å². The number of nitrogens with one attached hydrogen (secondary N) is 1. The van der Waals surface area contributed by atoms with Crippen LogP contribution in [0.2, 0.25) is 0 Å². The zero-order valence-corrected chi connectivity index (χ0v) is 16.5. The molecule has 1 aromatic heterocycles. The maximum absolute atomic E-state index is 5.98. The number of nitrogens with two attached hydrogens (primary N) is 1. The summed E-state index contributed by atoms with van der Waals surface area (Å²) < 4.78 is 0. The Bertz CT molecular complexity index is 964. The number of nitrogens with zero attached hydrogens (tertiary/aromatic N) is 2. The van der Waals surface area contributed by atoms with Gasteiger partial charge in [-0.05, 0) is 68.0 Å². The van der Waals surface area contributed by atoms with Crippen LogP contribution in [0.15, 0.2) is 30.3 Å². The highest BCUT2D eigenvalue weighted by molar-refractivity contribution is 5.94. The van der Waals surface area contributed by atoms with Crippen LogP contribution in [0.25, 0.3) is 22.0 Å². The van der Waals surface area contributed by atoms with Gasteiger partial charge in [-0.1, -0.05) is 43.0 Å². The fourth-order valence-electron chi connectivity index (χ4n) is 4.49. The number of anilines is 2. The van der Waals surface area contributed by atoms with Crippen molar-refractivity contribution in [2.45, 2.75) is 58.9 Å². The van der Waals surface area contributed by atoms with E-state index in [1.807, 2.05) is 0 Å². The van der Waals surface area contributed by atoms with Crippen LogP contribution in [0.5, 0.6) is 0 Å². The van der Waals surface area contributed by atoms with Crippen molar-refractivity contribution in [2.75, 3.05) is 11.1 Å². The van der Waals surface area contributed by atoms with Crippen LogP contribution in [-0.4, -0.2) is 16.0 Å². The van der Waals surface area contributed by atoms with Crippen molar-refractivity contribution >= 4 is 22.7 Å². The van der Waals surface area contributed by atoms with Crippen LogP contribution in [0.4, 0.5) is 11.8 Å². The van der Waals surface area contributed by atoms with Gasteiger partial charge < -0.3 is 11.1 Å². The SMILES string of the molecule is Cc1cc(C)c(-c2ccc3nc(N)nc(NC4CCCCC4)c3c2)c(C)c1. The molecule has 1 fully saturated rings. The van der Waals surface area contributed by atoms with E-state index in [0.717, 1.165) is 16.7 Å². The molecule has 0 bridgehead atoms. The Hall–Kier alpha value is -2.62. The monoisotopic (exact) mass is 360 g/mol. The molecular formula is C23H28N4. The molecule has 1 heterocycles. The minimum atomic E-state index is 0.330. The van der Waals surface area contributed by atoms with Crippen molar-refractivity contribution < 1.29 is 0 Å². The molecule has 4 rings (SSSR count). The normalized spacial score (nSPS) is 15.2. The Labute approximate surface area is 161 Å². The Morgan fingerprint density at radius 2 is 1.63 bits per heavy atom. The van der Waals surface area contributed by atoms with Crippen LogP contribution < -0.4 is 11.1 Å². The van der Waals surface area contributed by atoms with E-state index in [-0.39, 0.29) is 0 Å². The highest BCUT2D eigenvalue weighted by atomic mass is 15.1. The first kappa shape index (κ1) is 17.8. The summed E-state index contributed by atoms with van der Waals surface area (Å²) in [5.74, 6) is 1.20. The summed E-state index contributed by atoms with van der Waals surface area (Å²) in [6, 6.07) is 11.4. The van der Waals surface area contributed by atoms with E-state index in [4.69, 9.17) is 5.73 Å². The van der Waals surface area contributed by atoms with Gasteiger partial charge in [0.2, 0.25) is 5.95 Å². The number of rotatable bonds is 3. The van der Waals surface area contributed by atoms with E-state index in [2.05, 4.69) is 66.4 Å². The highest BCUT2D eigenvalue weighted by Gasteiger charge is 2.17. The first-order valence-electron chi connectivity index (χ1n) is 9.93. The summed E-state index contributed by atoms with van der Waals surface area (Å²) in [4.78, 5) is 8.99. The molecule has 0 unspecified atom stereocenters. The topological polar surface area (TPSA) is 63.8 Å². The fourth-order valence-corrected chi connectivity index (χ4v) is 4.49. The zero-order chi connectivity index (χ0) is 19.0. The molecule has 2 aromatic carbocycles. The predicted molar refractivity (Wildman–Crippen MR) is 114 cm³/mol. The van der Waals surface area contributed by atoms with Crippen molar-refractivity contribution in [3.8, 4) is 11.1 Å². The van der Waals surface area contributed by atoms with E-state index in [0.29, 0.717) is 12.0 Å². The van der Waals surface area contributed by atoms with Crippen molar-refractivity contribution in [1.29, 1.82) is 0 Å². The lowest BCUT2D eigenvalue weighted by Gasteiger charge is -2.24. The molecule has 0 atom stereocenters. The number of aromatic nitrogens is 2. The number of hydrogen-bond acceptors (Lipinski definition) is 4. The molecule has 4 nitrogen and oxygen atoms in total. The molecule has 0 spiro atoms. The first-order valence-corrected chi connectivity index (χ1v) is 9.93. The van der Waals surface area contributed by atoms with Gasteiger partial charge in [-0.25, -0.2) is 4.98 Å². The van der Waals surface area contributed by atoms with E-state index in [9.17, 15) is 0 Å². The van der Waals surface area contributed by atoms with Crippen molar-refractivity contribution in [3.05, 3.63) is 47.0 Å². The fraction of sp³-hybridized carbons (Fsp3) is 0.391. The summed E-state index contributed by atoms with van der Waals surface area (Å²) in [5.41, 5.74) is 13.3. The van der Waals surface area contributed by atoms with Gasteiger partial charge in [-0.15, -0.1) is 0 Å². The van der Waals surface area contributed by atoms with Gasteiger partial charge in [0, 0.05) is 11.4 Å². The molecule has 140 valence electrons. The molecule has 1 saturated carbocycles. The molecule has 1 aliphatic carbocycles. The second-order valence-electron chi connectivity index (χ2n) is 7.92. The maximum atomic E-state index is 5.98. The minimum absolute atomic E-state index is 0.330. The van der Waals surface area contributed by atoms with Gasteiger partial charge in [-0.3, -0.25) is 0 Å². The average molecular weight is 361 g/mol. The van der Waals surface area contributed by atoms with Gasteiger partial charge in [0.25, 0.3) is 0 Å². The number of hydrogen-bond donors (Lipinski definition) is 2. The number of aryl methyl sites for hydroxylation is 3. The Balaban J connectivity index is 1.81. The van der Waals surface area contributed by atoms with Crippen molar-refractivity contribution in [3.63, 3.8) is 0 Å². The van der Waals surface area contributed by atoms with Gasteiger partial charge >= 0.3 is 0 Å². The summed E-state index contributed by atoms with van der Waals surface area (Å²) in [7, 11) is 0. The van der Waals surface area contributed by atoms with Gasteiger partial charge in [0.15, 0.2) is 0 Å². The largest absolute Gasteiger partial charge is 0.368 e. The molecule has 0 amide bonds. The molecule has 0 radical (unpaired) electrons. The van der Waals surface area contributed by atoms with Crippen molar-refractivity contribution in [1.82, 2.24) is 9.97 Å². The van der Waals surface area contributed by atoms with Crippen LogP contribution in [-0.2, 0) is 0 Å². The quantitative estimate of drug-likeness (QED) is 0.643. The summed E-state index contributed by atoms with van der Waals surface area (Å²) in [5, 5.41) is 4.70. The molecule has 0 aliphatic heterocycles. The molecular weight excluding hydrogens is 332 g/mol. The summed E-state index contributed by atoms with van der Waals surface area (Å²) >= 11 is 0. The third-order valence-electron chi connectivity index (χ3n) is 5.62. The standard InChI is InChI=1S/C23H28N4/c1-14-11-15(2)21(16(3)12-14)17-9-10-20-19(13-17)22(27-23(24)26-20)25-18-7-5-4-6-8-18/h9-13,18H,4-8H2,1-3H3,(H3,24,25,26,27).